The average Bonchev–Trinajstić information content (AvgIpc) is 3.19. The Hall–Kier alpha value is -0.120. The lowest BCUT2D eigenvalue weighted by Crippen LogP contribution is -2.43. The largest absolute Gasteiger partial charge is 0.396 e. The molecule has 3 rings (SSSR count). The number of aliphatic hydroxyl groups excluding tert-OH is 1. The molecular weight excluding hydrogens is 238 g/mol. The zero-order chi connectivity index (χ0) is 13.1. The molecule has 3 atom stereocenters. The molecule has 3 nitrogen and oxygen atoms in total. The number of hydrogen-bond donors (Lipinski definition) is 2. The van der Waals surface area contributed by atoms with Crippen molar-refractivity contribution in [2.24, 2.45) is 17.3 Å². The van der Waals surface area contributed by atoms with Gasteiger partial charge in [0.1, 0.15) is 0 Å². The lowest BCUT2D eigenvalue weighted by atomic mass is 9.80. The molecule has 19 heavy (non-hydrogen) atoms. The van der Waals surface area contributed by atoms with E-state index in [0.29, 0.717) is 6.61 Å². The van der Waals surface area contributed by atoms with Gasteiger partial charge in [0, 0.05) is 31.2 Å². The molecule has 1 aliphatic heterocycles. The predicted molar refractivity (Wildman–Crippen MR) is 76.0 cm³/mol. The third-order valence-electron chi connectivity index (χ3n) is 5.60. The Labute approximate surface area is 117 Å². The molecule has 2 saturated carbocycles. The van der Waals surface area contributed by atoms with Gasteiger partial charge in [-0.3, -0.25) is 0 Å². The summed E-state index contributed by atoms with van der Waals surface area (Å²) < 4.78 is 5.57. The van der Waals surface area contributed by atoms with Gasteiger partial charge in [-0.15, -0.1) is 0 Å². The number of hydrogen-bond acceptors (Lipinski definition) is 3. The minimum Gasteiger partial charge on any atom is -0.396 e. The van der Waals surface area contributed by atoms with E-state index in [2.05, 4.69) is 5.32 Å². The normalized spacial score (nSPS) is 39.6. The van der Waals surface area contributed by atoms with Gasteiger partial charge in [0.25, 0.3) is 0 Å². The van der Waals surface area contributed by atoms with Crippen LogP contribution in [0.4, 0.5) is 0 Å². The van der Waals surface area contributed by atoms with Crippen molar-refractivity contribution >= 4 is 0 Å². The highest BCUT2D eigenvalue weighted by Gasteiger charge is 2.37. The van der Waals surface area contributed by atoms with Gasteiger partial charge >= 0.3 is 0 Å². The Bertz CT molecular complexity index is 284. The predicted octanol–water partition coefficient (Wildman–Crippen LogP) is 2.33. The van der Waals surface area contributed by atoms with Crippen LogP contribution in [0.5, 0.6) is 0 Å². The van der Waals surface area contributed by atoms with Crippen LogP contribution in [0.15, 0.2) is 0 Å². The van der Waals surface area contributed by atoms with E-state index in [9.17, 15) is 5.11 Å². The minimum absolute atomic E-state index is 0.210. The molecule has 0 aromatic rings. The number of ether oxygens (including phenoxy) is 1. The van der Waals surface area contributed by atoms with Gasteiger partial charge in [-0.1, -0.05) is 12.8 Å². The smallest absolute Gasteiger partial charge is 0.0536 e. The van der Waals surface area contributed by atoms with Crippen LogP contribution in [0.2, 0.25) is 0 Å². The summed E-state index contributed by atoms with van der Waals surface area (Å²) in [6.07, 6.45) is 10.6. The van der Waals surface area contributed by atoms with E-state index in [-0.39, 0.29) is 5.41 Å². The first kappa shape index (κ1) is 13.8. The summed E-state index contributed by atoms with van der Waals surface area (Å²) >= 11 is 0. The highest BCUT2D eigenvalue weighted by molar-refractivity contribution is 4.91. The fraction of sp³-hybridized carbons (Fsp3) is 1.00. The fourth-order valence-corrected chi connectivity index (χ4v) is 4.08. The summed E-state index contributed by atoms with van der Waals surface area (Å²) in [5, 5.41) is 13.1. The van der Waals surface area contributed by atoms with Crippen molar-refractivity contribution in [1.29, 1.82) is 0 Å². The van der Waals surface area contributed by atoms with Crippen molar-refractivity contribution in [2.75, 3.05) is 26.4 Å². The molecule has 3 aliphatic rings. The molecule has 2 aliphatic carbocycles. The van der Waals surface area contributed by atoms with Gasteiger partial charge in [-0.05, 0) is 50.4 Å². The Morgan fingerprint density at radius 3 is 2.74 bits per heavy atom. The first-order chi connectivity index (χ1) is 9.31. The standard InChI is InChI=1S/C16H29NO2/c18-8-6-16(7-9-19-12-16)11-17-15-3-1-2-14(10-15)13-4-5-13/h13-15,17-18H,1-12H2. The van der Waals surface area contributed by atoms with Gasteiger partial charge in [-0.25, -0.2) is 0 Å². The lowest BCUT2D eigenvalue weighted by Gasteiger charge is -2.34. The second kappa shape index (κ2) is 6.11. The van der Waals surface area contributed by atoms with E-state index in [0.717, 1.165) is 50.5 Å². The average molecular weight is 267 g/mol. The molecule has 0 aromatic carbocycles. The molecule has 1 heterocycles. The molecule has 0 bridgehead atoms. The minimum atomic E-state index is 0.210. The molecule has 2 N–H and O–H groups in total. The Morgan fingerprint density at radius 2 is 2.05 bits per heavy atom. The van der Waals surface area contributed by atoms with Gasteiger partial charge in [0.05, 0.1) is 6.61 Å². The zero-order valence-corrected chi connectivity index (χ0v) is 12.1. The molecule has 0 spiro atoms. The second-order valence-corrected chi connectivity index (χ2v) is 7.12. The molecule has 3 heteroatoms. The Balaban J connectivity index is 1.47. The van der Waals surface area contributed by atoms with Crippen LogP contribution in [0, 0.1) is 17.3 Å². The van der Waals surface area contributed by atoms with Crippen LogP contribution >= 0.6 is 0 Å². The summed E-state index contributed by atoms with van der Waals surface area (Å²) in [4.78, 5) is 0. The third-order valence-corrected chi connectivity index (χ3v) is 5.60. The maximum absolute atomic E-state index is 9.27. The van der Waals surface area contributed by atoms with E-state index in [1.165, 1.54) is 38.5 Å². The molecule has 3 fully saturated rings. The zero-order valence-electron chi connectivity index (χ0n) is 12.1. The van der Waals surface area contributed by atoms with Gasteiger partial charge in [0.15, 0.2) is 0 Å². The highest BCUT2D eigenvalue weighted by Crippen LogP contribution is 2.44. The van der Waals surface area contributed by atoms with E-state index < -0.39 is 0 Å². The van der Waals surface area contributed by atoms with E-state index in [1.807, 2.05) is 0 Å². The monoisotopic (exact) mass is 267 g/mol. The Kier molecular flexibility index (Phi) is 4.45. The molecular formula is C16H29NO2. The SMILES string of the molecule is OCCC1(CNC2CCCC(C3CC3)C2)CCOC1. The van der Waals surface area contributed by atoms with Crippen LogP contribution in [0.1, 0.15) is 51.4 Å². The number of rotatable bonds is 6. The summed E-state index contributed by atoms with van der Waals surface area (Å²) in [7, 11) is 0. The van der Waals surface area contributed by atoms with E-state index in [1.54, 1.807) is 0 Å². The van der Waals surface area contributed by atoms with Crippen LogP contribution in [0.25, 0.3) is 0 Å². The fourth-order valence-electron chi connectivity index (χ4n) is 4.08. The number of aliphatic hydroxyl groups is 1. The quantitative estimate of drug-likeness (QED) is 0.776. The first-order valence-corrected chi connectivity index (χ1v) is 8.23. The summed E-state index contributed by atoms with van der Waals surface area (Å²) in [6.45, 7) is 3.03. The van der Waals surface area contributed by atoms with Crippen LogP contribution in [-0.2, 0) is 4.74 Å². The molecule has 3 unspecified atom stereocenters. The van der Waals surface area contributed by atoms with Crippen molar-refractivity contribution in [3.63, 3.8) is 0 Å². The highest BCUT2D eigenvalue weighted by atomic mass is 16.5. The van der Waals surface area contributed by atoms with Crippen molar-refractivity contribution < 1.29 is 9.84 Å². The molecule has 0 amide bonds. The second-order valence-electron chi connectivity index (χ2n) is 7.12. The molecule has 0 aromatic heterocycles. The summed E-state index contributed by atoms with van der Waals surface area (Å²) in [5.41, 5.74) is 0.210. The van der Waals surface area contributed by atoms with E-state index in [4.69, 9.17) is 4.74 Å². The summed E-state index contributed by atoms with van der Waals surface area (Å²) in [6, 6.07) is 0.718. The summed E-state index contributed by atoms with van der Waals surface area (Å²) in [5.74, 6) is 2.06. The van der Waals surface area contributed by atoms with Crippen LogP contribution in [0.3, 0.4) is 0 Å². The lowest BCUT2D eigenvalue weighted by molar-refractivity contribution is 0.118. The Morgan fingerprint density at radius 1 is 1.16 bits per heavy atom. The van der Waals surface area contributed by atoms with Crippen molar-refractivity contribution in [2.45, 2.75) is 57.4 Å². The van der Waals surface area contributed by atoms with E-state index >= 15 is 0 Å². The molecule has 0 radical (unpaired) electrons. The third kappa shape index (κ3) is 3.50. The van der Waals surface area contributed by atoms with Crippen LogP contribution < -0.4 is 5.32 Å². The van der Waals surface area contributed by atoms with Crippen molar-refractivity contribution in [1.82, 2.24) is 5.32 Å². The van der Waals surface area contributed by atoms with Gasteiger partial charge in [0.2, 0.25) is 0 Å². The van der Waals surface area contributed by atoms with Crippen molar-refractivity contribution in [3.8, 4) is 0 Å². The van der Waals surface area contributed by atoms with Crippen molar-refractivity contribution in [3.05, 3.63) is 0 Å². The van der Waals surface area contributed by atoms with Gasteiger partial charge in [-0.2, -0.15) is 0 Å². The maximum atomic E-state index is 9.27. The van der Waals surface area contributed by atoms with Crippen LogP contribution in [-0.4, -0.2) is 37.5 Å². The topological polar surface area (TPSA) is 41.5 Å². The molecule has 110 valence electrons. The maximum Gasteiger partial charge on any atom is 0.0536 e. The first-order valence-electron chi connectivity index (χ1n) is 8.23. The number of nitrogens with one attached hydrogen (secondary N) is 1. The molecule has 1 saturated heterocycles. The van der Waals surface area contributed by atoms with Gasteiger partial charge < -0.3 is 15.2 Å².